The van der Waals surface area contributed by atoms with Gasteiger partial charge >= 0.3 is 0 Å². The number of hydrogen-bond acceptors (Lipinski definition) is 1. The van der Waals surface area contributed by atoms with Crippen LogP contribution in [0.2, 0.25) is 0 Å². The van der Waals surface area contributed by atoms with Crippen LogP contribution in [0, 0.1) is 0 Å². The Bertz CT molecular complexity index is 315. The molecule has 0 saturated carbocycles. The van der Waals surface area contributed by atoms with Crippen molar-refractivity contribution in [1.29, 1.82) is 0 Å². The lowest BCUT2D eigenvalue weighted by Gasteiger charge is -1.95. The summed E-state index contributed by atoms with van der Waals surface area (Å²) in [5.74, 6) is 0.0406. The summed E-state index contributed by atoms with van der Waals surface area (Å²) in [7, 11) is 0. The molecule has 0 fully saturated rings. The zero-order valence-corrected chi connectivity index (χ0v) is 8.34. The Morgan fingerprint density at radius 3 is 2.83 bits per heavy atom. The molecule has 0 radical (unpaired) electrons. The number of benzene rings is 1. The minimum absolute atomic E-state index is 0.0406. The smallest absolute Gasteiger partial charge is 0.185 e. The average Bonchev–Trinajstić information content (AvgIpc) is 2.05. The summed E-state index contributed by atoms with van der Waals surface area (Å²) in [6, 6.07) is 7.35. The van der Waals surface area contributed by atoms with E-state index in [0.29, 0.717) is 5.56 Å². The van der Waals surface area contributed by atoms with Crippen molar-refractivity contribution in [1.82, 2.24) is 0 Å². The normalized spacial score (nSPS) is 10.5. The van der Waals surface area contributed by atoms with Crippen LogP contribution in [0.3, 0.4) is 0 Å². The molecule has 12 heavy (non-hydrogen) atoms. The molecule has 1 aromatic rings. The Hall–Kier alpha value is -0.890. The molecule has 0 unspecified atom stereocenters. The third-order valence-electron chi connectivity index (χ3n) is 1.43. The van der Waals surface area contributed by atoms with Crippen LogP contribution in [-0.4, -0.2) is 5.78 Å². The molecule has 1 rings (SSSR count). The van der Waals surface area contributed by atoms with Crippen LogP contribution < -0.4 is 0 Å². The van der Waals surface area contributed by atoms with Gasteiger partial charge in [0.15, 0.2) is 5.78 Å². The van der Waals surface area contributed by atoms with Crippen LogP contribution in [0.5, 0.6) is 0 Å². The molecule has 2 heteroatoms. The second-order valence-corrected chi connectivity index (χ2v) is 3.29. The Kier molecular flexibility index (Phi) is 3.23. The first-order chi connectivity index (χ1) is 5.74. The van der Waals surface area contributed by atoms with Crippen LogP contribution in [0.15, 0.2) is 40.9 Å². The van der Waals surface area contributed by atoms with Crippen LogP contribution in [-0.2, 0) is 0 Å². The summed E-state index contributed by atoms with van der Waals surface area (Å²) in [6.07, 6.45) is 3.30. The standard InChI is InChI=1S/C10H9BrO/c1-2-4-10(12)8-5-3-6-9(11)7-8/h2-7H,1H3/b4-2-. The summed E-state index contributed by atoms with van der Waals surface area (Å²) < 4.78 is 0.929. The number of carbonyl (C=O) groups is 1. The van der Waals surface area contributed by atoms with Crippen LogP contribution >= 0.6 is 15.9 Å². The molecule has 0 saturated heterocycles. The molecule has 0 heterocycles. The molecule has 0 aliphatic heterocycles. The summed E-state index contributed by atoms with van der Waals surface area (Å²) in [4.78, 5) is 11.3. The molecule has 0 aliphatic carbocycles. The zero-order chi connectivity index (χ0) is 8.97. The largest absolute Gasteiger partial charge is 0.289 e. The van der Waals surface area contributed by atoms with Gasteiger partial charge in [0.1, 0.15) is 0 Å². The van der Waals surface area contributed by atoms with Gasteiger partial charge < -0.3 is 0 Å². The summed E-state index contributed by atoms with van der Waals surface area (Å²) >= 11 is 3.31. The third kappa shape index (κ3) is 2.31. The molecule has 1 nitrogen and oxygen atoms in total. The van der Waals surface area contributed by atoms with Crippen LogP contribution in [0.1, 0.15) is 17.3 Å². The lowest BCUT2D eigenvalue weighted by atomic mass is 10.1. The van der Waals surface area contributed by atoms with Gasteiger partial charge in [0, 0.05) is 10.0 Å². The van der Waals surface area contributed by atoms with E-state index in [4.69, 9.17) is 0 Å². The van der Waals surface area contributed by atoms with Gasteiger partial charge in [0.2, 0.25) is 0 Å². The highest BCUT2D eigenvalue weighted by Gasteiger charge is 1.99. The lowest BCUT2D eigenvalue weighted by Crippen LogP contribution is -1.92. The first kappa shape index (κ1) is 9.20. The molecule has 0 aromatic heterocycles. The SMILES string of the molecule is C/C=C\C(=O)c1cccc(Br)c1. The number of ketones is 1. The van der Waals surface area contributed by atoms with Crippen molar-refractivity contribution in [3.8, 4) is 0 Å². The highest BCUT2D eigenvalue weighted by atomic mass is 79.9. The number of carbonyl (C=O) groups excluding carboxylic acids is 1. The van der Waals surface area contributed by atoms with Crippen molar-refractivity contribution in [3.63, 3.8) is 0 Å². The second-order valence-electron chi connectivity index (χ2n) is 2.37. The van der Waals surface area contributed by atoms with E-state index in [-0.39, 0.29) is 5.78 Å². The number of allylic oxidation sites excluding steroid dienone is 2. The monoisotopic (exact) mass is 224 g/mol. The highest BCUT2D eigenvalue weighted by Crippen LogP contribution is 2.12. The Labute approximate surface area is 80.2 Å². The molecule has 62 valence electrons. The van der Waals surface area contributed by atoms with E-state index in [2.05, 4.69) is 15.9 Å². The summed E-state index contributed by atoms with van der Waals surface area (Å²) in [6.45, 7) is 1.83. The summed E-state index contributed by atoms with van der Waals surface area (Å²) in [5.41, 5.74) is 0.711. The molecule has 0 spiro atoms. The quantitative estimate of drug-likeness (QED) is 0.557. The van der Waals surface area contributed by atoms with E-state index in [1.807, 2.05) is 25.1 Å². The van der Waals surface area contributed by atoms with Gasteiger partial charge in [0.25, 0.3) is 0 Å². The molecule has 0 bridgehead atoms. The van der Waals surface area contributed by atoms with Gasteiger partial charge in [-0.05, 0) is 25.1 Å². The van der Waals surface area contributed by atoms with Gasteiger partial charge in [-0.1, -0.05) is 34.1 Å². The lowest BCUT2D eigenvalue weighted by molar-refractivity contribution is 0.104. The molecule has 0 amide bonds. The first-order valence-electron chi connectivity index (χ1n) is 3.66. The molecule has 0 aliphatic rings. The molecule has 0 N–H and O–H groups in total. The van der Waals surface area contributed by atoms with Crippen LogP contribution in [0.25, 0.3) is 0 Å². The van der Waals surface area contributed by atoms with Gasteiger partial charge in [0.05, 0.1) is 0 Å². The fourth-order valence-corrected chi connectivity index (χ4v) is 1.29. The topological polar surface area (TPSA) is 17.1 Å². The summed E-state index contributed by atoms with van der Waals surface area (Å²) in [5, 5.41) is 0. The minimum atomic E-state index is 0.0406. The van der Waals surface area contributed by atoms with Crippen molar-refractivity contribution in [3.05, 3.63) is 46.5 Å². The Morgan fingerprint density at radius 1 is 1.50 bits per heavy atom. The van der Waals surface area contributed by atoms with Crippen molar-refractivity contribution in [2.45, 2.75) is 6.92 Å². The van der Waals surface area contributed by atoms with E-state index < -0.39 is 0 Å². The molecular formula is C10H9BrO. The third-order valence-corrected chi connectivity index (χ3v) is 1.92. The van der Waals surface area contributed by atoms with Crippen molar-refractivity contribution < 1.29 is 4.79 Å². The van der Waals surface area contributed by atoms with Gasteiger partial charge in [-0.3, -0.25) is 4.79 Å². The van der Waals surface area contributed by atoms with E-state index in [9.17, 15) is 4.79 Å². The number of hydrogen-bond donors (Lipinski definition) is 0. The van der Waals surface area contributed by atoms with Gasteiger partial charge in [-0.15, -0.1) is 0 Å². The fourth-order valence-electron chi connectivity index (χ4n) is 0.889. The van der Waals surface area contributed by atoms with Gasteiger partial charge in [-0.25, -0.2) is 0 Å². The van der Waals surface area contributed by atoms with Crippen LogP contribution in [0.4, 0.5) is 0 Å². The van der Waals surface area contributed by atoms with E-state index >= 15 is 0 Å². The molecular weight excluding hydrogens is 216 g/mol. The Morgan fingerprint density at radius 2 is 2.25 bits per heavy atom. The fraction of sp³-hybridized carbons (Fsp3) is 0.100. The maximum absolute atomic E-state index is 11.3. The molecule has 0 atom stereocenters. The molecule has 1 aromatic carbocycles. The van der Waals surface area contributed by atoms with Crippen molar-refractivity contribution in [2.24, 2.45) is 0 Å². The predicted octanol–water partition coefficient (Wildman–Crippen LogP) is 3.21. The van der Waals surface area contributed by atoms with Gasteiger partial charge in [-0.2, -0.15) is 0 Å². The maximum atomic E-state index is 11.3. The predicted molar refractivity (Wildman–Crippen MR) is 53.3 cm³/mol. The number of halogens is 1. The first-order valence-corrected chi connectivity index (χ1v) is 4.46. The number of rotatable bonds is 2. The van der Waals surface area contributed by atoms with E-state index in [1.54, 1.807) is 18.2 Å². The van der Waals surface area contributed by atoms with E-state index in [1.165, 1.54) is 0 Å². The van der Waals surface area contributed by atoms with Crippen molar-refractivity contribution in [2.75, 3.05) is 0 Å². The second kappa shape index (κ2) is 4.21. The zero-order valence-electron chi connectivity index (χ0n) is 6.75. The van der Waals surface area contributed by atoms with Crippen molar-refractivity contribution >= 4 is 21.7 Å². The Balaban J connectivity index is 2.96. The highest BCUT2D eigenvalue weighted by molar-refractivity contribution is 9.10. The average molecular weight is 225 g/mol. The minimum Gasteiger partial charge on any atom is -0.289 e. The maximum Gasteiger partial charge on any atom is 0.185 e. The van der Waals surface area contributed by atoms with E-state index in [0.717, 1.165) is 4.47 Å².